The predicted octanol–water partition coefficient (Wildman–Crippen LogP) is 2.85. The van der Waals surface area contributed by atoms with E-state index in [2.05, 4.69) is 4.98 Å². The van der Waals surface area contributed by atoms with Gasteiger partial charge in [0.1, 0.15) is 18.2 Å². The smallest absolute Gasteiger partial charge is 0.305 e. The van der Waals surface area contributed by atoms with Crippen LogP contribution in [0.2, 0.25) is 0 Å². The van der Waals surface area contributed by atoms with Gasteiger partial charge in [0.05, 0.1) is 11.1 Å². The van der Waals surface area contributed by atoms with Gasteiger partial charge in [-0.2, -0.15) is 4.39 Å². The van der Waals surface area contributed by atoms with E-state index in [-0.39, 0.29) is 12.4 Å². The molecule has 0 aliphatic rings. The Labute approximate surface area is 106 Å². The Morgan fingerprint density at radius 3 is 2.68 bits per heavy atom. The highest BCUT2D eigenvalue weighted by Gasteiger charge is 2.14. The van der Waals surface area contributed by atoms with Crippen molar-refractivity contribution in [2.24, 2.45) is 0 Å². The largest absolute Gasteiger partial charge is 0.489 e. The van der Waals surface area contributed by atoms with Crippen molar-refractivity contribution in [1.82, 2.24) is 4.98 Å². The van der Waals surface area contributed by atoms with Crippen molar-refractivity contribution in [3.63, 3.8) is 0 Å². The fourth-order valence-electron chi connectivity index (χ4n) is 1.43. The molecule has 0 radical (unpaired) electrons. The number of ether oxygens (including phenoxy) is 1. The van der Waals surface area contributed by atoms with Gasteiger partial charge in [0, 0.05) is 23.9 Å². The van der Waals surface area contributed by atoms with E-state index in [0.717, 1.165) is 18.3 Å². The normalized spacial score (nSPS) is 10.2. The minimum atomic E-state index is -0.986. The molecule has 7 heteroatoms. The van der Waals surface area contributed by atoms with Crippen molar-refractivity contribution in [2.45, 2.75) is 6.61 Å². The summed E-state index contributed by atoms with van der Waals surface area (Å²) in [4.78, 5) is 13.2. The summed E-state index contributed by atoms with van der Waals surface area (Å²) in [6.07, 6.45) is 2.46. The minimum absolute atomic E-state index is 0.0119. The zero-order chi connectivity index (χ0) is 13.8. The Morgan fingerprint density at radius 2 is 2.05 bits per heavy atom. The first-order chi connectivity index (χ1) is 9.06. The Morgan fingerprint density at radius 1 is 1.26 bits per heavy atom. The molecule has 0 atom stereocenters. The molecule has 0 unspecified atom stereocenters. The van der Waals surface area contributed by atoms with Gasteiger partial charge in [-0.15, -0.1) is 0 Å². The predicted molar refractivity (Wildman–Crippen MR) is 61.6 cm³/mol. The van der Waals surface area contributed by atoms with Gasteiger partial charge < -0.3 is 4.74 Å². The van der Waals surface area contributed by atoms with Gasteiger partial charge in [0.15, 0.2) is 0 Å². The first-order valence-electron chi connectivity index (χ1n) is 5.22. The number of nitro benzene ring substituents is 1. The maximum absolute atomic E-state index is 13.3. The molecule has 0 N–H and O–H groups in total. The lowest BCUT2D eigenvalue weighted by molar-refractivity contribution is -0.387. The molecule has 0 fully saturated rings. The summed E-state index contributed by atoms with van der Waals surface area (Å²) < 4.78 is 31.3. The lowest BCUT2D eigenvalue weighted by Crippen LogP contribution is -1.98. The van der Waals surface area contributed by atoms with Gasteiger partial charge in [-0.1, -0.05) is 0 Å². The third-order valence-corrected chi connectivity index (χ3v) is 2.28. The highest BCUT2D eigenvalue weighted by atomic mass is 19.1. The Balaban J connectivity index is 2.08. The van der Waals surface area contributed by atoms with Crippen molar-refractivity contribution in [3.05, 3.63) is 64.0 Å². The second-order valence-electron chi connectivity index (χ2n) is 3.67. The molecule has 0 saturated carbocycles. The molecule has 1 aromatic carbocycles. The summed E-state index contributed by atoms with van der Waals surface area (Å²) in [6, 6.07) is 4.42. The van der Waals surface area contributed by atoms with Crippen molar-refractivity contribution >= 4 is 5.69 Å². The van der Waals surface area contributed by atoms with E-state index in [1.54, 1.807) is 0 Å². The van der Waals surface area contributed by atoms with E-state index < -0.39 is 22.2 Å². The molecular weight excluding hydrogens is 258 g/mol. The number of aromatic nitrogens is 1. The van der Waals surface area contributed by atoms with Crippen LogP contribution in [0.15, 0.2) is 36.7 Å². The lowest BCUT2D eigenvalue weighted by Gasteiger charge is -2.06. The van der Waals surface area contributed by atoms with Crippen LogP contribution in [-0.2, 0) is 6.61 Å². The molecule has 0 saturated heterocycles. The highest BCUT2D eigenvalue weighted by Crippen LogP contribution is 2.22. The van der Waals surface area contributed by atoms with Crippen LogP contribution in [0, 0.1) is 21.7 Å². The summed E-state index contributed by atoms with van der Waals surface area (Å²) in [5.41, 5.74) is -0.154. The van der Waals surface area contributed by atoms with Crippen LogP contribution in [0.1, 0.15) is 5.56 Å². The molecule has 2 rings (SSSR count). The molecule has 1 aromatic heterocycles. The SMILES string of the molecule is O=[N+]([O-])c1ccc(OCc2cncc(F)c2)cc1F. The summed E-state index contributed by atoms with van der Waals surface area (Å²) in [6.45, 7) is -0.0119. The molecule has 0 spiro atoms. The van der Waals surface area contributed by atoms with E-state index >= 15 is 0 Å². The van der Waals surface area contributed by atoms with Gasteiger partial charge in [-0.05, 0) is 12.1 Å². The van der Waals surface area contributed by atoms with Crippen LogP contribution >= 0.6 is 0 Å². The van der Waals surface area contributed by atoms with Crippen molar-refractivity contribution < 1.29 is 18.4 Å². The number of pyridine rings is 1. The summed E-state index contributed by atoms with van der Waals surface area (Å²) in [7, 11) is 0. The molecule has 19 heavy (non-hydrogen) atoms. The Bertz CT molecular complexity index is 620. The Kier molecular flexibility index (Phi) is 3.65. The molecule has 2 aromatic rings. The first-order valence-corrected chi connectivity index (χ1v) is 5.22. The van der Waals surface area contributed by atoms with Crippen LogP contribution in [0.4, 0.5) is 14.5 Å². The fourth-order valence-corrected chi connectivity index (χ4v) is 1.43. The second-order valence-corrected chi connectivity index (χ2v) is 3.67. The number of nitro groups is 1. The van der Waals surface area contributed by atoms with E-state index in [1.165, 1.54) is 18.3 Å². The zero-order valence-electron chi connectivity index (χ0n) is 9.55. The molecule has 0 aliphatic carbocycles. The maximum Gasteiger partial charge on any atom is 0.305 e. The molecule has 0 bridgehead atoms. The molecule has 1 heterocycles. The van der Waals surface area contributed by atoms with E-state index in [1.807, 2.05) is 0 Å². The number of hydrogen-bond donors (Lipinski definition) is 0. The van der Waals surface area contributed by atoms with E-state index in [4.69, 9.17) is 4.74 Å². The van der Waals surface area contributed by atoms with Gasteiger partial charge in [-0.25, -0.2) is 4.39 Å². The van der Waals surface area contributed by atoms with Crippen LogP contribution in [0.5, 0.6) is 5.75 Å². The van der Waals surface area contributed by atoms with Gasteiger partial charge in [0.2, 0.25) is 5.82 Å². The van der Waals surface area contributed by atoms with Crippen LogP contribution in [0.3, 0.4) is 0 Å². The zero-order valence-corrected chi connectivity index (χ0v) is 9.55. The summed E-state index contributed by atoms with van der Waals surface area (Å²) in [5, 5.41) is 10.4. The van der Waals surface area contributed by atoms with Crippen molar-refractivity contribution in [2.75, 3.05) is 0 Å². The second kappa shape index (κ2) is 5.38. The van der Waals surface area contributed by atoms with E-state index in [0.29, 0.717) is 5.56 Å². The third-order valence-electron chi connectivity index (χ3n) is 2.28. The van der Waals surface area contributed by atoms with Crippen molar-refractivity contribution in [1.29, 1.82) is 0 Å². The van der Waals surface area contributed by atoms with Crippen LogP contribution < -0.4 is 4.74 Å². The van der Waals surface area contributed by atoms with Crippen LogP contribution in [0.25, 0.3) is 0 Å². The molecule has 98 valence electrons. The quantitative estimate of drug-likeness (QED) is 0.630. The third kappa shape index (κ3) is 3.21. The van der Waals surface area contributed by atoms with Gasteiger partial charge in [0.25, 0.3) is 0 Å². The fraction of sp³-hybridized carbons (Fsp3) is 0.0833. The van der Waals surface area contributed by atoms with Crippen molar-refractivity contribution in [3.8, 4) is 5.75 Å². The summed E-state index contributed by atoms with van der Waals surface area (Å²) in [5.74, 6) is -1.37. The van der Waals surface area contributed by atoms with E-state index in [9.17, 15) is 18.9 Å². The topological polar surface area (TPSA) is 65.3 Å². The van der Waals surface area contributed by atoms with Gasteiger partial charge in [-0.3, -0.25) is 15.1 Å². The number of benzene rings is 1. The molecule has 0 amide bonds. The number of nitrogens with zero attached hydrogens (tertiary/aromatic N) is 2. The average molecular weight is 266 g/mol. The number of halogens is 2. The number of rotatable bonds is 4. The van der Waals surface area contributed by atoms with Crippen LogP contribution in [-0.4, -0.2) is 9.91 Å². The Hall–Kier alpha value is -2.57. The standard InChI is InChI=1S/C12H8F2N2O3/c13-9-3-8(5-15-6-9)7-19-10-1-2-12(16(17)18)11(14)4-10/h1-6H,7H2. The lowest BCUT2D eigenvalue weighted by atomic mass is 10.3. The summed E-state index contributed by atoms with van der Waals surface area (Å²) >= 11 is 0. The molecule has 5 nitrogen and oxygen atoms in total. The number of hydrogen-bond acceptors (Lipinski definition) is 4. The minimum Gasteiger partial charge on any atom is -0.489 e. The molecular formula is C12H8F2N2O3. The highest BCUT2D eigenvalue weighted by molar-refractivity contribution is 5.38. The molecule has 0 aliphatic heterocycles. The monoisotopic (exact) mass is 266 g/mol. The average Bonchev–Trinajstić information content (AvgIpc) is 2.36. The van der Waals surface area contributed by atoms with Gasteiger partial charge >= 0.3 is 5.69 Å². The first kappa shape index (κ1) is 12.9. The maximum atomic E-state index is 13.3.